The lowest BCUT2D eigenvalue weighted by atomic mass is 9.95. The van der Waals surface area contributed by atoms with Crippen LogP contribution in [0.1, 0.15) is 0 Å². The molecule has 0 atom stereocenters. The topological polar surface area (TPSA) is 9.86 Å². The maximum absolute atomic E-state index is 3.28. The molecule has 0 saturated carbocycles. The fourth-order valence-electron chi connectivity index (χ4n) is 13.0. The predicted molar refractivity (Wildman–Crippen MR) is 346 cm³/mol. The Balaban J connectivity index is 1.02. The molecular formula is C78H54N2Si. The van der Waals surface area contributed by atoms with Crippen LogP contribution in [-0.4, -0.2) is 17.2 Å². The van der Waals surface area contributed by atoms with E-state index in [-0.39, 0.29) is 0 Å². The van der Waals surface area contributed by atoms with E-state index in [9.17, 15) is 0 Å². The maximum Gasteiger partial charge on any atom is 0.179 e. The Morgan fingerprint density at radius 1 is 0.198 bits per heavy atom. The largest absolute Gasteiger partial charge is 0.309 e. The number of para-hydroxylation sites is 3. The monoisotopic (exact) mass is 1050 g/mol. The summed E-state index contributed by atoms with van der Waals surface area (Å²) in [5.41, 5.74) is 18.8. The van der Waals surface area contributed by atoms with E-state index < -0.39 is 8.07 Å². The SMILES string of the molecule is c1ccc(-c2cc(-c3ccccc3)cc([Si](c3ccccc3)(c3ccccc3)c3cc(-c4ccccc4)c(-n4c5ccccc5c5cc(-c6ccc7c(c6)c6ccccc6n7-c6ccccc6)ccc54)c(-c4ccccc4)c3)c2)cc1. The molecule has 81 heavy (non-hydrogen) atoms. The highest BCUT2D eigenvalue weighted by Gasteiger charge is 2.43. The molecule has 15 rings (SSSR count). The molecule has 0 fully saturated rings. The number of hydrogen-bond donors (Lipinski definition) is 0. The van der Waals surface area contributed by atoms with E-state index in [1.807, 2.05) is 0 Å². The number of nitrogens with zero attached hydrogens (tertiary/aromatic N) is 2. The summed E-state index contributed by atoms with van der Waals surface area (Å²) in [6, 6.07) is 122. The first kappa shape index (κ1) is 47.9. The Labute approximate surface area is 473 Å². The lowest BCUT2D eigenvalue weighted by molar-refractivity contribution is 1.18. The molecule has 15 aromatic rings. The van der Waals surface area contributed by atoms with Gasteiger partial charge in [-0.3, -0.25) is 0 Å². The van der Waals surface area contributed by atoms with Gasteiger partial charge in [-0.1, -0.05) is 273 Å². The van der Waals surface area contributed by atoms with Crippen LogP contribution in [0.15, 0.2) is 328 Å². The van der Waals surface area contributed by atoms with Crippen LogP contribution in [0.5, 0.6) is 0 Å². The van der Waals surface area contributed by atoms with Crippen molar-refractivity contribution in [2.24, 2.45) is 0 Å². The molecule has 0 bridgehead atoms. The molecule has 0 aliphatic carbocycles. The van der Waals surface area contributed by atoms with Crippen LogP contribution in [0.4, 0.5) is 0 Å². The van der Waals surface area contributed by atoms with Crippen molar-refractivity contribution < 1.29 is 0 Å². The zero-order valence-electron chi connectivity index (χ0n) is 44.6. The van der Waals surface area contributed by atoms with Gasteiger partial charge < -0.3 is 9.13 Å². The van der Waals surface area contributed by atoms with Crippen molar-refractivity contribution >= 4 is 72.4 Å². The van der Waals surface area contributed by atoms with Gasteiger partial charge in [0.2, 0.25) is 0 Å². The molecule has 380 valence electrons. The third-order valence-electron chi connectivity index (χ3n) is 16.6. The second-order valence-corrected chi connectivity index (χ2v) is 25.0. The van der Waals surface area contributed by atoms with E-state index in [0.717, 1.165) is 33.5 Å². The molecule has 0 N–H and O–H groups in total. The van der Waals surface area contributed by atoms with Gasteiger partial charge in [-0.15, -0.1) is 0 Å². The molecular weight excluding hydrogens is 993 g/mol. The van der Waals surface area contributed by atoms with Crippen molar-refractivity contribution in [3.05, 3.63) is 328 Å². The Morgan fingerprint density at radius 2 is 0.543 bits per heavy atom. The quantitative estimate of drug-likeness (QED) is 0.0902. The standard InChI is InChI=1S/C78H54N2Si/c1-8-26-55(27-9-1)61-48-62(56-28-10-2-11-29-56)50-66(49-61)81(64-36-18-6-19-37-64,65-38-20-7-21-39-65)67-53-70(57-30-12-3-13-31-57)78(71(54-67)58-32-14-4-15-33-58)80-75-43-25-23-41-69(75)73-52-60(45-47-77(73)80)59-44-46-76-72(51-59)68-40-22-24-42-74(68)79(76)63-34-16-5-17-35-63/h1-54H. The van der Waals surface area contributed by atoms with Gasteiger partial charge in [0.1, 0.15) is 0 Å². The molecule has 0 aliphatic rings. The minimum Gasteiger partial charge on any atom is -0.309 e. The van der Waals surface area contributed by atoms with Gasteiger partial charge in [0, 0.05) is 38.4 Å². The van der Waals surface area contributed by atoms with E-state index in [0.29, 0.717) is 0 Å². The van der Waals surface area contributed by atoms with E-state index in [2.05, 4.69) is 337 Å². The molecule has 3 heteroatoms. The summed E-state index contributed by atoms with van der Waals surface area (Å²) < 4.78 is 4.96. The van der Waals surface area contributed by atoms with Gasteiger partial charge in [-0.2, -0.15) is 0 Å². The van der Waals surface area contributed by atoms with Crippen molar-refractivity contribution in [2.45, 2.75) is 0 Å². The van der Waals surface area contributed by atoms with Crippen molar-refractivity contribution in [3.63, 3.8) is 0 Å². The molecule has 2 nitrogen and oxygen atoms in total. The number of aromatic nitrogens is 2. The number of fused-ring (bicyclic) bond motifs is 6. The van der Waals surface area contributed by atoms with Crippen molar-refractivity contribution in [2.75, 3.05) is 0 Å². The molecule has 0 spiro atoms. The molecule has 0 saturated heterocycles. The van der Waals surface area contributed by atoms with E-state index >= 15 is 0 Å². The Hall–Kier alpha value is -10.3. The lowest BCUT2D eigenvalue weighted by Gasteiger charge is -2.36. The second kappa shape index (κ2) is 20.2. The fourth-order valence-corrected chi connectivity index (χ4v) is 17.8. The van der Waals surface area contributed by atoms with Crippen LogP contribution in [0.3, 0.4) is 0 Å². The average molecular weight is 1050 g/mol. The van der Waals surface area contributed by atoms with Crippen molar-refractivity contribution in [1.29, 1.82) is 0 Å². The molecule has 13 aromatic carbocycles. The van der Waals surface area contributed by atoms with Crippen LogP contribution in [0.25, 0.3) is 111 Å². The van der Waals surface area contributed by atoms with Crippen LogP contribution in [0.2, 0.25) is 0 Å². The summed E-state index contributed by atoms with van der Waals surface area (Å²) in [7, 11) is -3.28. The molecule has 0 unspecified atom stereocenters. The van der Waals surface area contributed by atoms with Crippen molar-refractivity contribution in [1.82, 2.24) is 9.13 Å². The average Bonchev–Trinajstić information content (AvgIpc) is 4.19. The van der Waals surface area contributed by atoms with Crippen LogP contribution in [-0.2, 0) is 0 Å². The summed E-state index contributed by atoms with van der Waals surface area (Å²) in [5, 5.41) is 10.2. The second-order valence-electron chi connectivity index (χ2n) is 21.2. The van der Waals surface area contributed by atoms with Gasteiger partial charge >= 0.3 is 0 Å². The Bertz CT molecular complexity index is 4600. The summed E-state index contributed by atoms with van der Waals surface area (Å²) in [5.74, 6) is 0. The smallest absolute Gasteiger partial charge is 0.179 e. The molecule has 0 radical (unpaired) electrons. The molecule has 0 aliphatic heterocycles. The summed E-state index contributed by atoms with van der Waals surface area (Å²) in [4.78, 5) is 0. The van der Waals surface area contributed by atoms with Gasteiger partial charge in [-0.25, -0.2) is 0 Å². The minimum atomic E-state index is -3.28. The molecule has 2 heterocycles. The Morgan fingerprint density at radius 3 is 1.00 bits per heavy atom. The highest BCUT2D eigenvalue weighted by atomic mass is 28.3. The number of hydrogen-bond acceptors (Lipinski definition) is 0. The van der Waals surface area contributed by atoms with E-state index in [1.54, 1.807) is 0 Å². The van der Waals surface area contributed by atoms with Gasteiger partial charge in [0.15, 0.2) is 8.07 Å². The van der Waals surface area contributed by atoms with Crippen LogP contribution >= 0.6 is 0 Å². The first-order chi connectivity index (χ1) is 40.2. The highest BCUT2D eigenvalue weighted by Crippen LogP contribution is 2.43. The lowest BCUT2D eigenvalue weighted by Crippen LogP contribution is -2.74. The van der Waals surface area contributed by atoms with Gasteiger partial charge in [0.05, 0.1) is 27.8 Å². The third kappa shape index (κ3) is 8.17. The Kier molecular flexibility index (Phi) is 11.9. The highest BCUT2D eigenvalue weighted by molar-refractivity contribution is 7.20. The maximum atomic E-state index is 2.58. The zero-order valence-corrected chi connectivity index (χ0v) is 45.6. The van der Waals surface area contributed by atoms with Crippen LogP contribution < -0.4 is 20.7 Å². The van der Waals surface area contributed by atoms with Crippen molar-refractivity contribution in [3.8, 4) is 67.0 Å². The number of benzene rings is 13. The van der Waals surface area contributed by atoms with Gasteiger partial charge in [0.25, 0.3) is 0 Å². The summed E-state index contributed by atoms with van der Waals surface area (Å²) in [6.07, 6.45) is 0. The van der Waals surface area contributed by atoms with Crippen LogP contribution in [0, 0.1) is 0 Å². The zero-order chi connectivity index (χ0) is 53.7. The first-order valence-electron chi connectivity index (χ1n) is 28.0. The molecule has 0 amide bonds. The minimum absolute atomic E-state index is 1.15. The number of rotatable bonds is 11. The fraction of sp³-hybridized carbons (Fsp3) is 0. The normalized spacial score (nSPS) is 11.7. The summed E-state index contributed by atoms with van der Waals surface area (Å²) in [6.45, 7) is 0. The predicted octanol–water partition coefficient (Wildman–Crippen LogP) is 17.6. The first-order valence-corrected chi connectivity index (χ1v) is 30.0. The van der Waals surface area contributed by atoms with Gasteiger partial charge in [-0.05, 0) is 120 Å². The van der Waals surface area contributed by atoms with E-state index in [4.69, 9.17) is 0 Å². The summed E-state index contributed by atoms with van der Waals surface area (Å²) >= 11 is 0. The third-order valence-corrected chi connectivity index (χ3v) is 21.3. The molecule has 2 aromatic heterocycles. The van der Waals surface area contributed by atoms with E-state index in [1.165, 1.54) is 97.8 Å².